The van der Waals surface area contributed by atoms with Crippen LogP contribution < -0.4 is 5.32 Å². The summed E-state index contributed by atoms with van der Waals surface area (Å²) in [6, 6.07) is 0. The SMILES string of the molecule is CC1[B]CCNCC1. The van der Waals surface area contributed by atoms with Crippen LogP contribution >= 0.6 is 0 Å². The Labute approximate surface area is 52.1 Å². The highest BCUT2D eigenvalue weighted by molar-refractivity contribution is 6.37. The van der Waals surface area contributed by atoms with E-state index in [1.165, 1.54) is 25.8 Å². The van der Waals surface area contributed by atoms with E-state index in [9.17, 15) is 0 Å². The lowest BCUT2D eigenvalue weighted by Gasteiger charge is -2.01. The van der Waals surface area contributed by atoms with Gasteiger partial charge in [0.05, 0.1) is 0 Å². The topological polar surface area (TPSA) is 12.0 Å². The van der Waals surface area contributed by atoms with Crippen LogP contribution in [-0.4, -0.2) is 20.4 Å². The van der Waals surface area contributed by atoms with Crippen LogP contribution in [0.4, 0.5) is 0 Å². The lowest BCUT2D eigenvalue weighted by Crippen LogP contribution is -2.13. The number of hydrogen-bond donors (Lipinski definition) is 1. The molecule has 0 aromatic heterocycles. The Bertz CT molecular complexity index is 57.5. The third-order valence-corrected chi connectivity index (χ3v) is 1.67. The lowest BCUT2D eigenvalue weighted by atomic mass is 9.62. The largest absolute Gasteiger partial charge is 0.317 e. The van der Waals surface area contributed by atoms with E-state index in [1.807, 2.05) is 0 Å². The molecule has 1 aliphatic heterocycles. The third kappa shape index (κ3) is 1.87. The molecule has 0 aromatic rings. The molecular weight excluding hydrogens is 96.9 g/mol. The molecule has 0 saturated carbocycles. The Morgan fingerprint density at radius 2 is 2.38 bits per heavy atom. The maximum Gasteiger partial charge on any atom is 0.114 e. The number of hydrogen-bond acceptors (Lipinski definition) is 1. The molecule has 1 fully saturated rings. The Morgan fingerprint density at radius 3 is 3.25 bits per heavy atom. The summed E-state index contributed by atoms with van der Waals surface area (Å²) < 4.78 is 0. The average molecular weight is 110 g/mol. The van der Waals surface area contributed by atoms with Gasteiger partial charge in [-0.05, 0) is 19.5 Å². The highest BCUT2D eigenvalue weighted by Crippen LogP contribution is 2.09. The Hall–Kier alpha value is 0.0249. The average Bonchev–Trinajstić information content (AvgIpc) is 1.94. The monoisotopic (exact) mass is 110 g/mol. The second-order valence-electron chi connectivity index (χ2n) is 2.54. The molecule has 1 radical (unpaired) electrons. The van der Waals surface area contributed by atoms with Crippen LogP contribution in [0.5, 0.6) is 0 Å². The van der Waals surface area contributed by atoms with Gasteiger partial charge in [-0.1, -0.05) is 19.1 Å². The predicted molar refractivity (Wildman–Crippen MR) is 37.5 cm³/mol. The zero-order valence-corrected chi connectivity index (χ0v) is 5.48. The van der Waals surface area contributed by atoms with Crippen LogP contribution in [0, 0.1) is 0 Å². The van der Waals surface area contributed by atoms with Crippen molar-refractivity contribution in [1.82, 2.24) is 5.32 Å². The molecule has 1 aliphatic rings. The van der Waals surface area contributed by atoms with Gasteiger partial charge in [-0.25, -0.2) is 0 Å². The number of rotatable bonds is 0. The molecule has 0 amide bonds. The second-order valence-corrected chi connectivity index (χ2v) is 2.54. The van der Waals surface area contributed by atoms with E-state index in [4.69, 9.17) is 0 Å². The van der Waals surface area contributed by atoms with Gasteiger partial charge in [0, 0.05) is 0 Å². The first-order chi connectivity index (χ1) is 3.89. The fourth-order valence-electron chi connectivity index (χ4n) is 1.04. The minimum atomic E-state index is 0.838. The highest BCUT2D eigenvalue weighted by Gasteiger charge is 2.05. The molecule has 1 N–H and O–H groups in total. The first-order valence-corrected chi connectivity index (χ1v) is 3.43. The number of nitrogens with one attached hydrogen (secondary N) is 1. The summed E-state index contributed by atoms with van der Waals surface area (Å²) in [6.45, 7) is 4.68. The first-order valence-electron chi connectivity index (χ1n) is 3.43. The van der Waals surface area contributed by atoms with Crippen molar-refractivity contribution in [1.29, 1.82) is 0 Å². The van der Waals surface area contributed by atoms with E-state index in [2.05, 4.69) is 19.5 Å². The summed E-state index contributed by atoms with van der Waals surface area (Å²) in [5.74, 6) is 0.838. The van der Waals surface area contributed by atoms with Gasteiger partial charge in [-0.2, -0.15) is 0 Å². The molecule has 0 spiro atoms. The van der Waals surface area contributed by atoms with Crippen LogP contribution in [0.1, 0.15) is 13.3 Å². The zero-order chi connectivity index (χ0) is 5.82. The van der Waals surface area contributed by atoms with Gasteiger partial charge in [0.2, 0.25) is 0 Å². The molecular formula is C6H13BN. The summed E-state index contributed by atoms with van der Waals surface area (Å²) in [4.78, 5) is 0. The maximum absolute atomic E-state index is 3.35. The van der Waals surface area contributed by atoms with Gasteiger partial charge in [-0.3, -0.25) is 0 Å². The van der Waals surface area contributed by atoms with E-state index in [1.54, 1.807) is 0 Å². The summed E-state index contributed by atoms with van der Waals surface area (Å²) in [6.07, 6.45) is 2.57. The Morgan fingerprint density at radius 1 is 1.50 bits per heavy atom. The zero-order valence-electron chi connectivity index (χ0n) is 5.48. The fraction of sp³-hybridized carbons (Fsp3) is 1.00. The van der Waals surface area contributed by atoms with Gasteiger partial charge in [0.15, 0.2) is 0 Å². The Balaban J connectivity index is 2.17. The van der Waals surface area contributed by atoms with Crippen molar-refractivity contribution in [2.24, 2.45) is 0 Å². The van der Waals surface area contributed by atoms with Crippen LogP contribution in [-0.2, 0) is 0 Å². The van der Waals surface area contributed by atoms with Crippen molar-refractivity contribution >= 4 is 7.28 Å². The molecule has 1 rings (SSSR count). The minimum absolute atomic E-state index is 0.838. The molecule has 1 nitrogen and oxygen atoms in total. The second kappa shape index (κ2) is 3.13. The van der Waals surface area contributed by atoms with Crippen molar-refractivity contribution < 1.29 is 0 Å². The summed E-state index contributed by atoms with van der Waals surface area (Å²) in [5.41, 5.74) is 0. The van der Waals surface area contributed by atoms with Crippen LogP contribution in [0.2, 0.25) is 12.1 Å². The molecule has 1 saturated heterocycles. The van der Waals surface area contributed by atoms with Crippen LogP contribution in [0.15, 0.2) is 0 Å². The van der Waals surface area contributed by atoms with Gasteiger partial charge in [0.1, 0.15) is 7.28 Å². The van der Waals surface area contributed by atoms with E-state index in [-0.39, 0.29) is 0 Å². The highest BCUT2D eigenvalue weighted by atomic mass is 14.8. The van der Waals surface area contributed by atoms with Crippen molar-refractivity contribution in [3.05, 3.63) is 0 Å². The molecule has 1 heterocycles. The van der Waals surface area contributed by atoms with Crippen molar-refractivity contribution in [3.8, 4) is 0 Å². The predicted octanol–water partition coefficient (Wildman–Crippen LogP) is 0.911. The lowest BCUT2D eigenvalue weighted by molar-refractivity contribution is 0.684. The van der Waals surface area contributed by atoms with Crippen LogP contribution in [0.3, 0.4) is 0 Å². The molecule has 1 unspecified atom stereocenters. The van der Waals surface area contributed by atoms with E-state index in [0.29, 0.717) is 0 Å². The minimum Gasteiger partial charge on any atom is -0.317 e. The first kappa shape index (κ1) is 6.15. The maximum atomic E-state index is 3.35. The molecule has 0 aromatic carbocycles. The van der Waals surface area contributed by atoms with Gasteiger partial charge < -0.3 is 5.32 Å². The smallest absolute Gasteiger partial charge is 0.114 e. The molecule has 45 valence electrons. The summed E-state index contributed by atoms with van der Waals surface area (Å²) in [5, 5.41) is 3.35. The molecule has 2 heteroatoms. The quantitative estimate of drug-likeness (QED) is 0.457. The fourth-order valence-corrected chi connectivity index (χ4v) is 1.04. The third-order valence-electron chi connectivity index (χ3n) is 1.67. The molecule has 0 aliphatic carbocycles. The molecule has 0 bridgehead atoms. The van der Waals surface area contributed by atoms with Crippen molar-refractivity contribution in [3.63, 3.8) is 0 Å². The summed E-state index contributed by atoms with van der Waals surface area (Å²) in [7, 11) is 2.40. The van der Waals surface area contributed by atoms with E-state index < -0.39 is 0 Å². The van der Waals surface area contributed by atoms with Gasteiger partial charge in [0.25, 0.3) is 0 Å². The van der Waals surface area contributed by atoms with Crippen LogP contribution in [0.25, 0.3) is 0 Å². The molecule has 1 atom stereocenters. The van der Waals surface area contributed by atoms with Crippen molar-refractivity contribution in [2.75, 3.05) is 13.1 Å². The Kier molecular flexibility index (Phi) is 2.41. The van der Waals surface area contributed by atoms with Crippen molar-refractivity contribution in [2.45, 2.75) is 25.5 Å². The van der Waals surface area contributed by atoms with Gasteiger partial charge in [-0.15, -0.1) is 0 Å². The van der Waals surface area contributed by atoms with E-state index >= 15 is 0 Å². The van der Waals surface area contributed by atoms with E-state index in [0.717, 1.165) is 5.82 Å². The standard InChI is InChI=1S/C6H13BN/c1-6-2-4-8-5-3-7-6/h6,8H,2-5H2,1H3. The normalized spacial score (nSPS) is 30.9. The molecule has 8 heavy (non-hydrogen) atoms. The van der Waals surface area contributed by atoms with Gasteiger partial charge >= 0.3 is 0 Å². The summed E-state index contributed by atoms with van der Waals surface area (Å²) >= 11 is 0.